The Morgan fingerprint density at radius 3 is 2.00 bits per heavy atom. The van der Waals surface area contributed by atoms with Crippen molar-refractivity contribution in [1.29, 1.82) is 10.5 Å². The van der Waals surface area contributed by atoms with Crippen LogP contribution in [0.5, 0.6) is 0 Å². The normalized spacial score (nSPS) is 11.6. The van der Waals surface area contributed by atoms with Crippen LogP contribution < -0.4 is 0 Å². The number of rotatable bonds is 2. The molecule has 0 aromatic carbocycles. The summed E-state index contributed by atoms with van der Waals surface area (Å²) in [6.45, 7) is 7.35. The van der Waals surface area contributed by atoms with E-state index in [1.165, 1.54) is 0 Å². The summed E-state index contributed by atoms with van der Waals surface area (Å²) < 4.78 is 0. The van der Waals surface area contributed by atoms with Crippen molar-refractivity contribution < 1.29 is 0 Å². The number of allylic oxidation sites excluding steroid dienone is 4. The Labute approximate surface area is 84.7 Å². The van der Waals surface area contributed by atoms with Gasteiger partial charge < -0.3 is 0 Å². The highest BCUT2D eigenvalue weighted by Crippen LogP contribution is 2.06. The lowest BCUT2D eigenvalue weighted by Gasteiger charge is -1.97. The van der Waals surface area contributed by atoms with Crippen molar-refractivity contribution in [2.45, 2.75) is 27.7 Å². The number of aliphatic imine (C=N–C) groups is 1. The SMILES string of the molecule is C/C=C(C#N)\C(C#N)=N/C(C)=C(C)C. The molecule has 0 amide bonds. The fraction of sp³-hybridized carbons (Fsp3) is 0.364. The molecular formula is C11H13N3. The molecule has 0 aliphatic heterocycles. The molecule has 3 heteroatoms. The number of nitrogens with zero attached hydrogens (tertiary/aromatic N) is 3. The fourth-order valence-corrected chi connectivity index (χ4v) is 0.679. The van der Waals surface area contributed by atoms with Crippen molar-refractivity contribution in [3.63, 3.8) is 0 Å². The third kappa shape index (κ3) is 3.25. The van der Waals surface area contributed by atoms with Gasteiger partial charge in [-0.3, -0.25) is 0 Å². The van der Waals surface area contributed by atoms with E-state index in [-0.39, 0.29) is 5.71 Å². The summed E-state index contributed by atoms with van der Waals surface area (Å²) >= 11 is 0. The van der Waals surface area contributed by atoms with Crippen molar-refractivity contribution in [2.75, 3.05) is 0 Å². The van der Waals surface area contributed by atoms with Gasteiger partial charge in [0, 0.05) is 5.70 Å². The fourth-order valence-electron chi connectivity index (χ4n) is 0.679. The zero-order valence-electron chi connectivity index (χ0n) is 8.92. The first-order valence-corrected chi connectivity index (χ1v) is 4.26. The van der Waals surface area contributed by atoms with Crippen LogP contribution in [0.2, 0.25) is 0 Å². The van der Waals surface area contributed by atoms with E-state index in [4.69, 9.17) is 10.5 Å². The van der Waals surface area contributed by atoms with Crippen LogP contribution in [0.1, 0.15) is 27.7 Å². The van der Waals surface area contributed by atoms with Crippen LogP contribution in [0.25, 0.3) is 0 Å². The molecule has 0 spiro atoms. The highest BCUT2D eigenvalue weighted by molar-refractivity contribution is 6.14. The van der Waals surface area contributed by atoms with Crippen LogP contribution in [0.4, 0.5) is 0 Å². The van der Waals surface area contributed by atoms with E-state index in [9.17, 15) is 0 Å². The first kappa shape index (κ1) is 12.1. The molecule has 0 aromatic rings. The predicted octanol–water partition coefficient (Wildman–Crippen LogP) is 2.73. The molecule has 0 radical (unpaired) electrons. The lowest BCUT2D eigenvalue weighted by Crippen LogP contribution is -1.98. The summed E-state index contributed by atoms with van der Waals surface area (Å²) in [6.07, 6.45) is 1.58. The van der Waals surface area contributed by atoms with Crippen LogP contribution >= 0.6 is 0 Å². The average Bonchev–Trinajstić information content (AvgIpc) is 2.17. The summed E-state index contributed by atoms with van der Waals surface area (Å²) in [5, 5.41) is 17.5. The van der Waals surface area contributed by atoms with E-state index < -0.39 is 0 Å². The number of nitriles is 2. The maximum Gasteiger partial charge on any atom is 0.158 e. The van der Waals surface area contributed by atoms with Gasteiger partial charge in [-0.1, -0.05) is 11.6 Å². The van der Waals surface area contributed by atoms with Gasteiger partial charge >= 0.3 is 0 Å². The molecule has 0 heterocycles. The van der Waals surface area contributed by atoms with Crippen LogP contribution in [-0.2, 0) is 0 Å². The molecule has 0 unspecified atom stereocenters. The van der Waals surface area contributed by atoms with Crippen molar-refractivity contribution in [1.82, 2.24) is 0 Å². The zero-order valence-corrected chi connectivity index (χ0v) is 8.92. The molecule has 0 N–H and O–H groups in total. The Bertz CT molecular complexity index is 380. The van der Waals surface area contributed by atoms with E-state index >= 15 is 0 Å². The monoisotopic (exact) mass is 187 g/mol. The van der Waals surface area contributed by atoms with Crippen molar-refractivity contribution in [3.8, 4) is 12.1 Å². The van der Waals surface area contributed by atoms with Gasteiger partial charge in [0.15, 0.2) is 5.71 Å². The van der Waals surface area contributed by atoms with Crippen LogP contribution in [0, 0.1) is 22.7 Å². The molecule has 0 rings (SSSR count). The van der Waals surface area contributed by atoms with Gasteiger partial charge in [0.2, 0.25) is 0 Å². The van der Waals surface area contributed by atoms with Crippen LogP contribution in [-0.4, -0.2) is 5.71 Å². The quantitative estimate of drug-likeness (QED) is 0.493. The first-order valence-electron chi connectivity index (χ1n) is 4.26. The molecule has 0 aliphatic rings. The maximum absolute atomic E-state index is 8.79. The highest BCUT2D eigenvalue weighted by Gasteiger charge is 2.04. The predicted molar refractivity (Wildman–Crippen MR) is 56.5 cm³/mol. The van der Waals surface area contributed by atoms with E-state index in [1.54, 1.807) is 13.0 Å². The zero-order chi connectivity index (χ0) is 11.1. The second-order valence-electron chi connectivity index (χ2n) is 2.97. The Balaban J connectivity index is 5.26. The van der Waals surface area contributed by atoms with Crippen molar-refractivity contribution in [3.05, 3.63) is 22.9 Å². The van der Waals surface area contributed by atoms with Gasteiger partial charge in [-0.25, -0.2) is 4.99 Å². The number of hydrogen-bond donors (Lipinski definition) is 0. The number of hydrogen-bond acceptors (Lipinski definition) is 3. The van der Waals surface area contributed by atoms with Gasteiger partial charge in [0.05, 0.1) is 5.57 Å². The maximum atomic E-state index is 8.79. The Morgan fingerprint density at radius 1 is 1.14 bits per heavy atom. The molecule has 14 heavy (non-hydrogen) atoms. The first-order chi connectivity index (χ1) is 6.56. The summed E-state index contributed by atoms with van der Waals surface area (Å²) in [7, 11) is 0. The van der Waals surface area contributed by atoms with Gasteiger partial charge in [-0.2, -0.15) is 10.5 Å². The second kappa shape index (κ2) is 5.72. The van der Waals surface area contributed by atoms with E-state index in [0.717, 1.165) is 11.3 Å². The van der Waals surface area contributed by atoms with E-state index in [2.05, 4.69) is 4.99 Å². The molecule has 0 saturated heterocycles. The molecule has 0 bridgehead atoms. The minimum atomic E-state index is 0.175. The third-order valence-corrected chi connectivity index (χ3v) is 1.77. The molecule has 72 valence electrons. The smallest absolute Gasteiger partial charge is 0.158 e. The summed E-state index contributed by atoms with van der Waals surface area (Å²) in [6, 6.07) is 3.85. The Kier molecular flexibility index (Phi) is 4.96. The summed E-state index contributed by atoms with van der Waals surface area (Å²) in [4.78, 5) is 4.08. The standard InChI is InChI=1S/C11H13N3/c1-5-10(6-12)11(7-13)14-9(4)8(2)3/h5H,1-4H3/b10-5-,14-11-. The largest absolute Gasteiger partial charge is 0.241 e. The van der Waals surface area contributed by atoms with Crippen molar-refractivity contribution in [2.24, 2.45) is 4.99 Å². The molecule has 0 atom stereocenters. The van der Waals surface area contributed by atoms with E-state index in [1.807, 2.05) is 32.9 Å². The van der Waals surface area contributed by atoms with Gasteiger partial charge in [-0.15, -0.1) is 0 Å². The minimum Gasteiger partial charge on any atom is -0.241 e. The molecule has 0 aromatic heterocycles. The lowest BCUT2D eigenvalue weighted by molar-refractivity contribution is 1.19. The Morgan fingerprint density at radius 2 is 1.71 bits per heavy atom. The van der Waals surface area contributed by atoms with Gasteiger partial charge in [0.25, 0.3) is 0 Å². The lowest BCUT2D eigenvalue weighted by atomic mass is 10.2. The third-order valence-electron chi connectivity index (χ3n) is 1.77. The molecule has 0 fully saturated rings. The molecule has 0 saturated carbocycles. The second-order valence-corrected chi connectivity index (χ2v) is 2.97. The minimum absolute atomic E-state index is 0.175. The highest BCUT2D eigenvalue weighted by atomic mass is 14.8. The van der Waals surface area contributed by atoms with Gasteiger partial charge in [-0.05, 0) is 27.7 Å². The Hall–Kier alpha value is -1.87. The van der Waals surface area contributed by atoms with Gasteiger partial charge in [0.1, 0.15) is 12.1 Å². The average molecular weight is 187 g/mol. The summed E-state index contributed by atoms with van der Waals surface area (Å²) in [5.41, 5.74) is 2.30. The van der Waals surface area contributed by atoms with Crippen molar-refractivity contribution >= 4 is 5.71 Å². The molecular weight excluding hydrogens is 174 g/mol. The van der Waals surface area contributed by atoms with E-state index in [0.29, 0.717) is 5.57 Å². The van der Waals surface area contributed by atoms with Crippen LogP contribution in [0.15, 0.2) is 27.9 Å². The topological polar surface area (TPSA) is 59.9 Å². The molecule has 0 aliphatic carbocycles. The summed E-state index contributed by atoms with van der Waals surface area (Å²) in [5.74, 6) is 0. The molecule has 3 nitrogen and oxygen atoms in total. The van der Waals surface area contributed by atoms with Crippen LogP contribution in [0.3, 0.4) is 0 Å².